The number of amides is 1. The molecule has 8 heteroatoms. The third-order valence-electron chi connectivity index (χ3n) is 5.84. The van der Waals surface area contributed by atoms with Gasteiger partial charge in [0.25, 0.3) is 0 Å². The van der Waals surface area contributed by atoms with Gasteiger partial charge in [-0.3, -0.25) is 4.79 Å². The predicted octanol–water partition coefficient (Wildman–Crippen LogP) is 4.35. The van der Waals surface area contributed by atoms with E-state index in [4.69, 9.17) is 10.8 Å². The number of hydrogen-bond donors (Lipinski definition) is 3. The number of aromatic nitrogens is 1. The van der Waals surface area contributed by atoms with E-state index in [2.05, 4.69) is 0 Å². The van der Waals surface area contributed by atoms with Crippen LogP contribution in [-0.4, -0.2) is 52.4 Å². The third kappa shape index (κ3) is 7.22. The second-order valence-corrected chi connectivity index (χ2v) is 9.55. The fourth-order valence-corrected chi connectivity index (χ4v) is 4.36. The van der Waals surface area contributed by atoms with Crippen LogP contribution in [0.2, 0.25) is 0 Å². The summed E-state index contributed by atoms with van der Waals surface area (Å²) in [6.45, 7) is 6.68. The summed E-state index contributed by atoms with van der Waals surface area (Å²) in [5.74, 6) is -1.45. The van der Waals surface area contributed by atoms with E-state index in [1.807, 2.05) is 61.7 Å². The first-order chi connectivity index (χ1) is 17.2. The highest BCUT2D eigenvalue weighted by molar-refractivity contribution is 5.78. The maximum atomic E-state index is 14.7. The van der Waals surface area contributed by atoms with Crippen molar-refractivity contribution in [1.82, 2.24) is 9.47 Å². The number of rotatable bonds is 9. The van der Waals surface area contributed by atoms with Crippen molar-refractivity contribution in [3.63, 3.8) is 0 Å². The molecule has 1 unspecified atom stereocenters. The van der Waals surface area contributed by atoms with Crippen molar-refractivity contribution in [2.45, 2.75) is 39.8 Å². The SMILES string of the molecule is CC(C)(C)C(c1cc(-c2cc(F)ccc2F)cn1Cc1ccccc1)N(CCCN)C(=O)CO.CO. The Morgan fingerprint density at radius 2 is 1.75 bits per heavy atom. The molecule has 4 N–H and O–H groups in total. The first-order valence-corrected chi connectivity index (χ1v) is 11.9. The van der Waals surface area contributed by atoms with Gasteiger partial charge in [0.2, 0.25) is 5.91 Å². The van der Waals surface area contributed by atoms with Gasteiger partial charge in [0.15, 0.2) is 0 Å². The minimum absolute atomic E-state index is 0.155. The zero-order chi connectivity index (χ0) is 26.9. The minimum Gasteiger partial charge on any atom is -0.400 e. The Morgan fingerprint density at radius 1 is 1.08 bits per heavy atom. The predicted molar refractivity (Wildman–Crippen MR) is 138 cm³/mol. The van der Waals surface area contributed by atoms with E-state index < -0.39 is 35.6 Å². The van der Waals surface area contributed by atoms with Gasteiger partial charge in [0.05, 0.1) is 6.04 Å². The lowest BCUT2D eigenvalue weighted by atomic mass is 9.83. The molecule has 1 amide bonds. The van der Waals surface area contributed by atoms with Crippen LogP contribution in [0.5, 0.6) is 0 Å². The Balaban J connectivity index is 0.00000222. The molecule has 0 radical (unpaired) electrons. The average molecular weight is 502 g/mol. The summed E-state index contributed by atoms with van der Waals surface area (Å²) in [5, 5.41) is 16.7. The molecule has 1 heterocycles. The van der Waals surface area contributed by atoms with Crippen LogP contribution >= 0.6 is 0 Å². The van der Waals surface area contributed by atoms with Crippen molar-refractivity contribution < 1.29 is 23.8 Å². The van der Waals surface area contributed by atoms with Crippen molar-refractivity contribution in [3.05, 3.63) is 83.7 Å². The van der Waals surface area contributed by atoms with Gasteiger partial charge in [0.1, 0.15) is 18.2 Å². The highest BCUT2D eigenvalue weighted by Crippen LogP contribution is 2.41. The fourth-order valence-electron chi connectivity index (χ4n) is 4.36. The van der Waals surface area contributed by atoms with Crippen LogP contribution in [0.15, 0.2) is 60.8 Å². The monoisotopic (exact) mass is 501 g/mol. The largest absolute Gasteiger partial charge is 0.400 e. The Labute approximate surface area is 212 Å². The van der Waals surface area contributed by atoms with Crippen LogP contribution in [0, 0.1) is 17.0 Å². The molecule has 36 heavy (non-hydrogen) atoms. The number of halogens is 2. The molecule has 0 spiro atoms. The lowest BCUT2D eigenvalue weighted by Gasteiger charge is -2.40. The smallest absolute Gasteiger partial charge is 0.248 e. The van der Waals surface area contributed by atoms with E-state index >= 15 is 0 Å². The summed E-state index contributed by atoms with van der Waals surface area (Å²) in [4.78, 5) is 14.5. The van der Waals surface area contributed by atoms with Gasteiger partial charge in [0, 0.05) is 43.2 Å². The Bertz CT molecular complexity index is 1110. The standard InChI is InChI=1S/C27H33F2N3O2.CH4O/c1-27(2,3)26(32(13-7-12-30)25(34)18-33)24-14-20(22-15-21(28)10-11-23(22)29)17-31(24)16-19-8-5-4-6-9-19;1-2/h4-6,8-11,14-15,17,26,33H,7,12-13,16,18,30H2,1-3H3;2H,1H3. The normalized spacial score (nSPS) is 12.0. The third-order valence-corrected chi connectivity index (χ3v) is 5.84. The maximum Gasteiger partial charge on any atom is 0.248 e. The first-order valence-electron chi connectivity index (χ1n) is 11.9. The highest BCUT2D eigenvalue weighted by Gasteiger charge is 2.36. The molecule has 6 nitrogen and oxygen atoms in total. The molecule has 0 fully saturated rings. The number of aliphatic hydroxyl groups is 2. The zero-order valence-electron chi connectivity index (χ0n) is 21.4. The average Bonchev–Trinajstić information content (AvgIpc) is 3.26. The lowest BCUT2D eigenvalue weighted by Crippen LogP contribution is -2.44. The number of nitrogens with two attached hydrogens (primary N) is 1. The quantitative estimate of drug-likeness (QED) is 0.407. The Morgan fingerprint density at radius 3 is 2.33 bits per heavy atom. The summed E-state index contributed by atoms with van der Waals surface area (Å²) >= 11 is 0. The molecule has 0 aliphatic heterocycles. The zero-order valence-corrected chi connectivity index (χ0v) is 21.4. The topological polar surface area (TPSA) is 91.7 Å². The van der Waals surface area contributed by atoms with Gasteiger partial charge in [-0.05, 0) is 48.2 Å². The molecule has 3 rings (SSSR count). The van der Waals surface area contributed by atoms with E-state index in [0.29, 0.717) is 31.6 Å². The molecule has 0 bridgehead atoms. The molecule has 0 aliphatic carbocycles. The minimum atomic E-state index is -0.623. The van der Waals surface area contributed by atoms with Crippen LogP contribution in [-0.2, 0) is 11.3 Å². The number of carbonyl (C=O) groups is 1. The number of benzene rings is 2. The number of nitrogens with zero attached hydrogens (tertiary/aromatic N) is 2. The summed E-state index contributed by atoms with van der Waals surface area (Å²) in [6, 6.07) is 14.6. The van der Waals surface area contributed by atoms with E-state index in [0.717, 1.165) is 30.5 Å². The molecule has 2 aromatic carbocycles. The van der Waals surface area contributed by atoms with Gasteiger partial charge in [-0.15, -0.1) is 0 Å². The molecule has 3 aromatic rings. The molecular formula is C28H37F2N3O3. The molecule has 196 valence electrons. The van der Waals surface area contributed by atoms with Crippen LogP contribution in [0.4, 0.5) is 8.78 Å². The van der Waals surface area contributed by atoms with E-state index in [1.165, 1.54) is 6.07 Å². The van der Waals surface area contributed by atoms with Crippen molar-refractivity contribution >= 4 is 5.91 Å². The lowest BCUT2D eigenvalue weighted by molar-refractivity contribution is -0.139. The van der Waals surface area contributed by atoms with Crippen molar-refractivity contribution in [3.8, 4) is 11.1 Å². The van der Waals surface area contributed by atoms with Crippen LogP contribution in [0.3, 0.4) is 0 Å². The van der Waals surface area contributed by atoms with Gasteiger partial charge in [-0.1, -0.05) is 51.1 Å². The highest BCUT2D eigenvalue weighted by atomic mass is 19.1. The van der Waals surface area contributed by atoms with Crippen LogP contribution < -0.4 is 5.73 Å². The first kappa shape index (κ1) is 29.2. The second kappa shape index (κ2) is 13.3. The number of aliphatic hydroxyl groups excluding tert-OH is 2. The number of hydrogen-bond acceptors (Lipinski definition) is 4. The van der Waals surface area contributed by atoms with E-state index in [1.54, 1.807) is 11.1 Å². The van der Waals surface area contributed by atoms with Crippen molar-refractivity contribution in [2.24, 2.45) is 11.1 Å². The molecular weight excluding hydrogens is 464 g/mol. The molecule has 1 atom stereocenters. The molecule has 0 aliphatic rings. The molecule has 1 aromatic heterocycles. The van der Waals surface area contributed by atoms with Gasteiger partial charge in [-0.2, -0.15) is 0 Å². The van der Waals surface area contributed by atoms with Gasteiger partial charge >= 0.3 is 0 Å². The number of carbonyl (C=O) groups excluding carboxylic acids is 1. The van der Waals surface area contributed by atoms with Gasteiger partial charge in [-0.25, -0.2) is 8.78 Å². The second-order valence-electron chi connectivity index (χ2n) is 9.55. The van der Waals surface area contributed by atoms with Crippen LogP contribution in [0.1, 0.15) is 44.5 Å². The van der Waals surface area contributed by atoms with Crippen LogP contribution in [0.25, 0.3) is 11.1 Å². The molecule has 0 saturated carbocycles. The molecule has 0 saturated heterocycles. The van der Waals surface area contributed by atoms with E-state index in [-0.39, 0.29) is 5.56 Å². The van der Waals surface area contributed by atoms with Crippen molar-refractivity contribution in [2.75, 3.05) is 26.8 Å². The fraction of sp³-hybridized carbons (Fsp3) is 0.393. The summed E-state index contributed by atoms with van der Waals surface area (Å²) in [6.07, 6.45) is 2.37. The van der Waals surface area contributed by atoms with Crippen molar-refractivity contribution in [1.29, 1.82) is 0 Å². The summed E-state index contributed by atoms with van der Waals surface area (Å²) in [5.41, 5.74) is 7.78. The van der Waals surface area contributed by atoms with E-state index in [9.17, 15) is 18.7 Å². The summed E-state index contributed by atoms with van der Waals surface area (Å²) < 4.78 is 30.6. The van der Waals surface area contributed by atoms with Gasteiger partial charge < -0.3 is 25.4 Å². The Hall–Kier alpha value is -3.07. The maximum absolute atomic E-state index is 14.7. The summed E-state index contributed by atoms with van der Waals surface area (Å²) in [7, 11) is 1.00. The Kier molecular flexibility index (Phi) is 10.8.